The van der Waals surface area contributed by atoms with E-state index in [-0.39, 0.29) is 5.91 Å². The molecule has 2 nitrogen and oxygen atoms in total. The highest BCUT2D eigenvalue weighted by Crippen LogP contribution is 2.14. The fraction of sp³-hybridized carbons (Fsp3) is 0.588. The van der Waals surface area contributed by atoms with Crippen LogP contribution in [0.25, 0.3) is 0 Å². The van der Waals surface area contributed by atoms with Crippen molar-refractivity contribution in [1.29, 1.82) is 0 Å². The van der Waals surface area contributed by atoms with E-state index in [2.05, 4.69) is 6.92 Å². The summed E-state index contributed by atoms with van der Waals surface area (Å²) in [5, 5.41) is 0. The first-order valence-corrected chi connectivity index (χ1v) is 7.57. The lowest BCUT2D eigenvalue weighted by molar-refractivity contribution is -0.118. The smallest absolute Gasteiger partial charge is 0.226 e. The largest absolute Gasteiger partial charge is 0.316 e. The molecule has 0 bridgehead atoms. The second kappa shape index (κ2) is 9.60. The predicted octanol–water partition coefficient (Wildman–Crippen LogP) is 4.79. The van der Waals surface area contributed by atoms with E-state index in [0.717, 1.165) is 12.1 Å². The maximum Gasteiger partial charge on any atom is 0.226 e. The average Bonchev–Trinajstić information content (AvgIpc) is 2.46. The molecule has 1 amide bonds. The van der Waals surface area contributed by atoms with Crippen molar-refractivity contribution in [2.75, 3.05) is 11.9 Å². The third-order valence-corrected chi connectivity index (χ3v) is 3.51. The van der Waals surface area contributed by atoms with Gasteiger partial charge in [-0.15, -0.1) is 0 Å². The van der Waals surface area contributed by atoms with Crippen molar-refractivity contribution in [1.82, 2.24) is 0 Å². The molecule has 0 unspecified atom stereocenters. The fourth-order valence-corrected chi connectivity index (χ4v) is 2.20. The van der Waals surface area contributed by atoms with Gasteiger partial charge in [0.25, 0.3) is 0 Å². The summed E-state index contributed by atoms with van der Waals surface area (Å²) in [6, 6.07) is 9.85. The van der Waals surface area contributed by atoms with Gasteiger partial charge in [0.1, 0.15) is 0 Å². The van der Waals surface area contributed by atoms with Crippen LogP contribution in [0.1, 0.15) is 58.3 Å². The Hall–Kier alpha value is -1.31. The van der Waals surface area contributed by atoms with Crippen LogP contribution in [-0.4, -0.2) is 13.0 Å². The fourth-order valence-electron chi connectivity index (χ4n) is 2.20. The molecule has 1 aromatic carbocycles. The lowest BCUT2D eigenvalue weighted by Gasteiger charge is -2.17. The Morgan fingerprint density at radius 1 is 0.947 bits per heavy atom. The lowest BCUT2D eigenvalue weighted by atomic mass is 10.1. The van der Waals surface area contributed by atoms with Crippen molar-refractivity contribution in [2.45, 2.75) is 58.3 Å². The molecule has 0 saturated heterocycles. The Labute approximate surface area is 117 Å². The van der Waals surface area contributed by atoms with Gasteiger partial charge in [-0.25, -0.2) is 0 Å². The highest BCUT2D eigenvalue weighted by molar-refractivity contribution is 5.92. The van der Waals surface area contributed by atoms with Gasteiger partial charge in [-0.2, -0.15) is 0 Å². The van der Waals surface area contributed by atoms with Crippen molar-refractivity contribution in [3.8, 4) is 0 Å². The highest BCUT2D eigenvalue weighted by Gasteiger charge is 2.09. The normalized spacial score (nSPS) is 10.4. The van der Waals surface area contributed by atoms with Gasteiger partial charge in [-0.05, 0) is 18.6 Å². The maximum absolute atomic E-state index is 12.0. The molecule has 0 aromatic heterocycles. The summed E-state index contributed by atoms with van der Waals surface area (Å²) in [4.78, 5) is 13.8. The van der Waals surface area contributed by atoms with Crippen molar-refractivity contribution < 1.29 is 4.79 Å². The van der Waals surface area contributed by atoms with Crippen LogP contribution in [0.3, 0.4) is 0 Å². The minimum atomic E-state index is 0.222. The first kappa shape index (κ1) is 15.7. The number of unbranched alkanes of at least 4 members (excludes halogenated alkanes) is 6. The van der Waals surface area contributed by atoms with Crippen molar-refractivity contribution in [2.24, 2.45) is 0 Å². The van der Waals surface area contributed by atoms with E-state index in [4.69, 9.17) is 0 Å². The van der Waals surface area contributed by atoms with Gasteiger partial charge in [0.2, 0.25) is 5.91 Å². The molecule has 1 rings (SSSR count). The van der Waals surface area contributed by atoms with Crippen LogP contribution in [-0.2, 0) is 4.79 Å². The van der Waals surface area contributed by atoms with Crippen molar-refractivity contribution >= 4 is 11.6 Å². The number of carbonyl (C=O) groups is 1. The molecule has 0 aliphatic heterocycles. The molecular weight excluding hydrogens is 234 g/mol. The topological polar surface area (TPSA) is 20.3 Å². The zero-order valence-electron chi connectivity index (χ0n) is 12.4. The quantitative estimate of drug-likeness (QED) is 0.585. The van der Waals surface area contributed by atoms with Gasteiger partial charge in [-0.3, -0.25) is 4.79 Å². The summed E-state index contributed by atoms with van der Waals surface area (Å²) >= 11 is 0. The third-order valence-electron chi connectivity index (χ3n) is 3.51. The van der Waals surface area contributed by atoms with Gasteiger partial charge in [0.15, 0.2) is 0 Å². The van der Waals surface area contributed by atoms with Crippen LogP contribution >= 0.6 is 0 Å². The molecule has 1 aromatic rings. The summed E-state index contributed by atoms with van der Waals surface area (Å²) < 4.78 is 0. The average molecular weight is 261 g/mol. The number of benzene rings is 1. The first-order valence-electron chi connectivity index (χ1n) is 7.57. The second-order valence-electron chi connectivity index (χ2n) is 5.16. The molecule has 0 aliphatic carbocycles. The van der Waals surface area contributed by atoms with E-state index < -0.39 is 0 Å². The molecule has 106 valence electrons. The molecule has 0 heterocycles. The van der Waals surface area contributed by atoms with Gasteiger partial charge in [0.05, 0.1) is 0 Å². The Morgan fingerprint density at radius 2 is 1.53 bits per heavy atom. The zero-order valence-corrected chi connectivity index (χ0v) is 12.4. The minimum Gasteiger partial charge on any atom is -0.316 e. The maximum atomic E-state index is 12.0. The Kier molecular flexibility index (Phi) is 7.95. The predicted molar refractivity (Wildman–Crippen MR) is 82.5 cm³/mol. The Morgan fingerprint density at radius 3 is 2.16 bits per heavy atom. The standard InChI is InChI=1S/C17H27NO/c1-3-4-5-6-7-8-12-15-17(19)18(2)16-13-10-9-11-14-16/h9-11,13-14H,3-8,12,15H2,1-2H3. The van der Waals surface area contributed by atoms with E-state index >= 15 is 0 Å². The number of carbonyl (C=O) groups excluding carboxylic acids is 1. The number of rotatable bonds is 9. The van der Waals surface area contributed by atoms with Crippen molar-refractivity contribution in [3.05, 3.63) is 30.3 Å². The molecular formula is C17H27NO. The number of hydrogen-bond donors (Lipinski definition) is 0. The van der Waals surface area contributed by atoms with Gasteiger partial charge in [0, 0.05) is 19.2 Å². The molecule has 0 aliphatic rings. The van der Waals surface area contributed by atoms with E-state index in [9.17, 15) is 4.79 Å². The van der Waals surface area contributed by atoms with E-state index in [1.807, 2.05) is 37.4 Å². The summed E-state index contributed by atoms with van der Waals surface area (Å²) in [5.74, 6) is 0.222. The van der Waals surface area contributed by atoms with Gasteiger partial charge in [-0.1, -0.05) is 63.6 Å². The SMILES string of the molecule is CCCCCCCCCC(=O)N(C)c1ccccc1. The summed E-state index contributed by atoms with van der Waals surface area (Å²) in [6.07, 6.45) is 9.42. The van der Waals surface area contributed by atoms with Crippen LogP contribution in [0, 0.1) is 0 Å². The first-order chi connectivity index (χ1) is 9.25. The van der Waals surface area contributed by atoms with Crippen LogP contribution in [0.2, 0.25) is 0 Å². The van der Waals surface area contributed by atoms with Crippen LogP contribution < -0.4 is 4.90 Å². The Balaban J connectivity index is 2.14. The second-order valence-corrected chi connectivity index (χ2v) is 5.16. The zero-order chi connectivity index (χ0) is 13.9. The molecule has 0 saturated carbocycles. The van der Waals surface area contributed by atoms with E-state index in [1.54, 1.807) is 4.90 Å². The Bertz CT molecular complexity index is 348. The molecule has 0 spiro atoms. The monoisotopic (exact) mass is 261 g/mol. The summed E-state index contributed by atoms with van der Waals surface area (Å²) in [5.41, 5.74) is 0.982. The number of amides is 1. The number of hydrogen-bond acceptors (Lipinski definition) is 1. The lowest BCUT2D eigenvalue weighted by Crippen LogP contribution is -2.25. The summed E-state index contributed by atoms with van der Waals surface area (Å²) in [7, 11) is 1.86. The van der Waals surface area contributed by atoms with Crippen LogP contribution in [0.15, 0.2) is 30.3 Å². The number of anilines is 1. The molecule has 0 N–H and O–H groups in total. The van der Waals surface area contributed by atoms with E-state index in [0.29, 0.717) is 6.42 Å². The van der Waals surface area contributed by atoms with E-state index in [1.165, 1.54) is 38.5 Å². The molecule has 0 fully saturated rings. The minimum absolute atomic E-state index is 0.222. The number of para-hydroxylation sites is 1. The molecule has 0 radical (unpaired) electrons. The number of nitrogens with zero attached hydrogens (tertiary/aromatic N) is 1. The molecule has 0 atom stereocenters. The van der Waals surface area contributed by atoms with Crippen molar-refractivity contribution in [3.63, 3.8) is 0 Å². The highest BCUT2D eigenvalue weighted by atomic mass is 16.2. The molecule has 2 heteroatoms. The van der Waals surface area contributed by atoms with Gasteiger partial charge >= 0.3 is 0 Å². The molecule has 19 heavy (non-hydrogen) atoms. The van der Waals surface area contributed by atoms with Crippen LogP contribution in [0.5, 0.6) is 0 Å². The third kappa shape index (κ3) is 6.42. The van der Waals surface area contributed by atoms with Gasteiger partial charge < -0.3 is 4.90 Å². The summed E-state index contributed by atoms with van der Waals surface area (Å²) in [6.45, 7) is 2.23. The van der Waals surface area contributed by atoms with Crippen LogP contribution in [0.4, 0.5) is 5.69 Å².